The number of nitrogens with zero attached hydrogens (tertiary/aromatic N) is 1. The monoisotopic (exact) mass is 558 g/mol. The Morgan fingerprint density at radius 1 is 1.03 bits per heavy atom. The third-order valence-corrected chi connectivity index (χ3v) is 7.57. The number of alkyl halides is 2. The van der Waals surface area contributed by atoms with Crippen LogP contribution in [0.1, 0.15) is 66.2 Å². The molecule has 3 fully saturated rings. The van der Waals surface area contributed by atoms with E-state index >= 15 is 0 Å². The van der Waals surface area contributed by atoms with Crippen LogP contribution in [0.15, 0.2) is 0 Å². The number of likely N-dealkylation sites (tertiary alicyclic amines) is 1. The summed E-state index contributed by atoms with van der Waals surface area (Å²) in [4.78, 5) is 65.3. The molecule has 3 aliphatic rings. The fourth-order valence-corrected chi connectivity index (χ4v) is 5.14. The zero-order valence-electron chi connectivity index (χ0n) is 22.9. The fourth-order valence-electron chi connectivity index (χ4n) is 5.14. The summed E-state index contributed by atoms with van der Waals surface area (Å²) in [6.07, 6.45) is -0.180. The fraction of sp³-hybridized carbons (Fsp3) is 0.808. The lowest BCUT2D eigenvalue weighted by Crippen LogP contribution is -2.59. The minimum absolute atomic E-state index is 0.0825. The van der Waals surface area contributed by atoms with Crippen molar-refractivity contribution in [1.82, 2.24) is 20.9 Å². The highest BCUT2D eigenvalue weighted by Gasteiger charge is 2.47. The zero-order chi connectivity index (χ0) is 29.1. The largest absolute Gasteiger partial charge is 0.465 e. The Bertz CT molecular complexity index is 955. The van der Waals surface area contributed by atoms with Crippen LogP contribution in [-0.4, -0.2) is 89.5 Å². The Morgan fingerprint density at radius 3 is 2.21 bits per heavy atom. The summed E-state index contributed by atoms with van der Waals surface area (Å²) in [5.74, 6) is -6.46. The molecule has 0 radical (unpaired) electrons. The molecule has 0 aromatic carbocycles. The molecule has 39 heavy (non-hydrogen) atoms. The van der Waals surface area contributed by atoms with Gasteiger partial charge in [-0.15, -0.1) is 0 Å². The normalized spacial score (nSPS) is 25.1. The van der Waals surface area contributed by atoms with Crippen molar-refractivity contribution < 1.29 is 42.6 Å². The quantitative estimate of drug-likeness (QED) is 0.282. The number of carbonyl (C=O) groups excluding carboxylic acids is 4. The van der Waals surface area contributed by atoms with E-state index in [1.807, 2.05) is 0 Å². The minimum Gasteiger partial charge on any atom is -0.465 e. The second-order valence-electron chi connectivity index (χ2n) is 12.2. The Kier molecular flexibility index (Phi) is 9.56. The third kappa shape index (κ3) is 8.58. The van der Waals surface area contributed by atoms with E-state index in [4.69, 9.17) is 4.74 Å². The highest BCUT2D eigenvalue weighted by Crippen LogP contribution is 2.35. The van der Waals surface area contributed by atoms with Crippen molar-refractivity contribution in [2.45, 2.75) is 96.3 Å². The lowest BCUT2D eigenvalue weighted by Gasteiger charge is -2.35. The van der Waals surface area contributed by atoms with Crippen molar-refractivity contribution in [1.29, 1.82) is 0 Å². The first-order valence-corrected chi connectivity index (χ1v) is 13.5. The van der Waals surface area contributed by atoms with Gasteiger partial charge in [-0.1, -0.05) is 20.8 Å². The number of ether oxygens (including phenoxy) is 1. The molecule has 1 aliphatic carbocycles. The van der Waals surface area contributed by atoms with Crippen LogP contribution >= 0.6 is 0 Å². The molecule has 5 atom stereocenters. The predicted molar refractivity (Wildman–Crippen MR) is 135 cm³/mol. The molecule has 4 N–H and O–H groups in total. The number of hydrogen-bond donors (Lipinski definition) is 4. The first kappa shape index (κ1) is 30.7. The predicted octanol–water partition coefficient (Wildman–Crippen LogP) is 1.69. The number of carbonyl (C=O) groups is 5. The van der Waals surface area contributed by atoms with Crippen LogP contribution < -0.4 is 16.0 Å². The SMILES string of the molecule is CC(F)(F)CC[C@H](NC(=O)[C@@H]1CC(C2CCOC2)CN1C(=O)[C@@H](NC(=O)O)C(C)(C)C)C(=O)C(=O)NC1CC1. The van der Waals surface area contributed by atoms with Crippen molar-refractivity contribution in [2.24, 2.45) is 17.3 Å². The lowest BCUT2D eigenvalue weighted by atomic mass is 9.85. The van der Waals surface area contributed by atoms with E-state index in [1.165, 1.54) is 4.90 Å². The van der Waals surface area contributed by atoms with Gasteiger partial charge >= 0.3 is 6.09 Å². The zero-order valence-corrected chi connectivity index (χ0v) is 22.9. The summed E-state index contributed by atoms with van der Waals surface area (Å²) in [6, 6.07) is -3.88. The summed E-state index contributed by atoms with van der Waals surface area (Å²) in [5.41, 5.74) is -0.822. The Hall–Kier alpha value is -2.83. The Morgan fingerprint density at radius 2 is 1.69 bits per heavy atom. The summed E-state index contributed by atoms with van der Waals surface area (Å²) >= 11 is 0. The van der Waals surface area contributed by atoms with E-state index in [0.29, 0.717) is 33.0 Å². The molecule has 0 aromatic rings. The molecule has 0 spiro atoms. The molecule has 0 bridgehead atoms. The maximum absolute atomic E-state index is 13.7. The first-order chi connectivity index (χ1) is 18.1. The average molecular weight is 559 g/mol. The molecule has 2 heterocycles. The molecule has 2 unspecified atom stereocenters. The second-order valence-corrected chi connectivity index (χ2v) is 12.2. The first-order valence-electron chi connectivity index (χ1n) is 13.5. The number of rotatable bonds is 11. The van der Waals surface area contributed by atoms with Gasteiger partial charge in [-0.25, -0.2) is 13.6 Å². The van der Waals surface area contributed by atoms with Gasteiger partial charge in [-0.2, -0.15) is 0 Å². The molecule has 0 aromatic heterocycles. The maximum atomic E-state index is 13.7. The molecule has 3 rings (SSSR count). The van der Waals surface area contributed by atoms with E-state index in [9.17, 15) is 37.9 Å². The number of nitrogens with one attached hydrogen (secondary N) is 3. The van der Waals surface area contributed by atoms with Crippen LogP contribution in [0, 0.1) is 17.3 Å². The highest BCUT2D eigenvalue weighted by molar-refractivity contribution is 6.38. The average Bonchev–Trinajstić information content (AvgIpc) is 3.29. The summed E-state index contributed by atoms with van der Waals surface area (Å²) in [6.45, 7) is 6.95. The van der Waals surface area contributed by atoms with Crippen molar-refractivity contribution in [3.8, 4) is 0 Å². The van der Waals surface area contributed by atoms with Crippen LogP contribution in [0.4, 0.5) is 13.6 Å². The Balaban J connectivity index is 1.84. The topological polar surface area (TPSA) is 154 Å². The van der Waals surface area contributed by atoms with Gasteiger partial charge in [0.05, 0.1) is 6.04 Å². The molecule has 2 aliphatic heterocycles. The summed E-state index contributed by atoms with van der Waals surface area (Å²) < 4.78 is 32.8. The standard InChI is InChI=1S/C26H40F2N4O7/c1-25(2,3)20(31-24(37)38)23(36)32-12-15(14-8-10-39-13-14)11-18(32)21(34)30-17(7-9-26(4,27)28)19(33)22(35)29-16-5-6-16/h14-18,20,31H,5-13H2,1-4H3,(H,29,35)(H,30,34)(H,37,38)/t14?,15?,17-,18-,20+/m0/s1. The molecule has 11 nitrogen and oxygen atoms in total. The van der Waals surface area contributed by atoms with Crippen LogP contribution in [0.3, 0.4) is 0 Å². The van der Waals surface area contributed by atoms with Crippen LogP contribution in [0.25, 0.3) is 0 Å². The molecule has 220 valence electrons. The van der Waals surface area contributed by atoms with Gasteiger partial charge in [0.25, 0.3) is 5.91 Å². The van der Waals surface area contributed by atoms with Gasteiger partial charge in [0.1, 0.15) is 12.1 Å². The van der Waals surface area contributed by atoms with Crippen LogP contribution in [-0.2, 0) is 23.9 Å². The van der Waals surface area contributed by atoms with Crippen molar-refractivity contribution in [3.05, 3.63) is 0 Å². The molecule has 1 saturated carbocycles. The van der Waals surface area contributed by atoms with Gasteiger partial charge < -0.3 is 30.7 Å². The minimum atomic E-state index is -3.12. The number of carboxylic acid groups (broad SMARTS) is 1. The van der Waals surface area contributed by atoms with Crippen LogP contribution in [0.2, 0.25) is 0 Å². The number of amides is 4. The van der Waals surface area contributed by atoms with E-state index < -0.39 is 71.9 Å². The van der Waals surface area contributed by atoms with Crippen molar-refractivity contribution in [2.75, 3.05) is 19.8 Å². The lowest BCUT2D eigenvalue weighted by molar-refractivity contribution is -0.144. The van der Waals surface area contributed by atoms with Gasteiger partial charge in [-0.3, -0.25) is 19.2 Å². The van der Waals surface area contributed by atoms with E-state index in [1.54, 1.807) is 20.8 Å². The van der Waals surface area contributed by atoms with Crippen molar-refractivity contribution in [3.63, 3.8) is 0 Å². The third-order valence-electron chi connectivity index (χ3n) is 7.57. The van der Waals surface area contributed by atoms with E-state index in [2.05, 4.69) is 16.0 Å². The van der Waals surface area contributed by atoms with Crippen LogP contribution in [0.5, 0.6) is 0 Å². The summed E-state index contributed by atoms with van der Waals surface area (Å²) in [5, 5.41) is 16.6. The van der Waals surface area contributed by atoms with E-state index in [0.717, 1.165) is 6.42 Å². The number of halogens is 2. The van der Waals surface area contributed by atoms with Gasteiger partial charge in [-0.05, 0) is 56.3 Å². The smallest absolute Gasteiger partial charge is 0.405 e. The molecule has 2 saturated heterocycles. The highest BCUT2D eigenvalue weighted by atomic mass is 19.3. The van der Waals surface area contributed by atoms with Gasteiger partial charge in [0, 0.05) is 32.2 Å². The van der Waals surface area contributed by atoms with Crippen molar-refractivity contribution >= 4 is 29.6 Å². The molecule has 13 heteroatoms. The Labute approximate surface area is 226 Å². The molecular weight excluding hydrogens is 518 g/mol. The number of ketones is 1. The maximum Gasteiger partial charge on any atom is 0.405 e. The molecule has 4 amide bonds. The van der Waals surface area contributed by atoms with Gasteiger partial charge in [0.2, 0.25) is 23.5 Å². The van der Waals surface area contributed by atoms with E-state index in [-0.39, 0.29) is 30.8 Å². The number of hydrogen-bond acceptors (Lipinski definition) is 6. The number of Topliss-reactive ketones (excluding diaryl/α,β-unsaturated/α-hetero) is 1. The van der Waals surface area contributed by atoms with Gasteiger partial charge in [0.15, 0.2) is 0 Å². The summed E-state index contributed by atoms with van der Waals surface area (Å²) in [7, 11) is 0. The molecular formula is C26H40F2N4O7. The second kappa shape index (κ2) is 12.1.